The Hall–Kier alpha value is -2.35. The molecule has 0 amide bonds. The van der Waals surface area contributed by atoms with Crippen LogP contribution in [0, 0.1) is 0 Å². The van der Waals surface area contributed by atoms with Crippen LogP contribution in [0.3, 0.4) is 0 Å². The van der Waals surface area contributed by atoms with Crippen molar-refractivity contribution in [3.63, 3.8) is 0 Å². The summed E-state index contributed by atoms with van der Waals surface area (Å²) in [6, 6.07) is 10.2. The van der Waals surface area contributed by atoms with Crippen molar-refractivity contribution in [3.8, 4) is 0 Å². The Labute approximate surface area is 146 Å². The highest BCUT2D eigenvalue weighted by atomic mass is 16.5. The molecule has 0 bridgehead atoms. The van der Waals surface area contributed by atoms with Gasteiger partial charge in [-0.25, -0.2) is 0 Å². The van der Waals surface area contributed by atoms with Gasteiger partial charge >= 0.3 is 0 Å². The molecule has 2 nitrogen and oxygen atoms in total. The van der Waals surface area contributed by atoms with Gasteiger partial charge in [0, 0.05) is 6.42 Å². The van der Waals surface area contributed by atoms with E-state index in [1.54, 1.807) is 19.3 Å². The zero-order valence-corrected chi connectivity index (χ0v) is 14.8. The summed E-state index contributed by atoms with van der Waals surface area (Å²) in [4.78, 5) is 11.9. The third-order valence-corrected chi connectivity index (χ3v) is 4.30. The molecule has 1 aromatic carbocycles. The first-order valence-electron chi connectivity index (χ1n) is 8.33. The van der Waals surface area contributed by atoms with Gasteiger partial charge in [0.05, 0.1) is 12.5 Å². The molecule has 1 saturated carbocycles. The lowest BCUT2D eigenvalue weighted by molar-refractivity contribution is -0.125. The summed E-state index contributed by atoms with van der Waals surface area (Å²) < 4.78 is 4.90. The molecule has 1 fully saturated rings. The SMILES string of the molecule is C=C/C=C\C=C(/C=C)OC.CC1(c2ccccc2)CCCCC1=O. The molecule has 1 aliphatic rings. The molecule has 24 heavy (non-hydrogen) atoms. The molecule has 0 heterocycles. The van der Waals surface area contributed by atoms with E-state index in [-0.39, 0.29) is 5.41 Å². The van der Waals surface area contributed by atoms with Gasteiger partial charge in [-0.3, -0.25) is 4.79 Å². The van der Waals surface area contributed by atoms with Gasteiger partial charge in [0.1, 0.15) is 11.5 Å². The number of carbonyl (C=O) groups is 1. The lowest BCUT2D eigenvalue weighted by Gasteiger charge is -2.32. The molecule has 0 saturated heterocycles. The molecule has 0 radical (unpaired) electrons. The second kappa shape index (κ2) is 10.4. The number of rotatable bonds is 5. The van der Waals surface area contributed by atoms with Crippen molar-refractivity contribution in [1.29, 1.82) is 0 Å². The van der Waals surface area contributed by atoms with Crippen LogP contribution in [0.2, 0.25) is 0 Å². The summed E-state index contributed by atoms with van der Waals surface area (Å²) in [5.74, 6) is 1.16. The predicted molar refractivity (Wildman–Crippen MR) is 102 cm³/mol. The fourth-order valence-corrected chi connectivity index (χ4v) is 2.74. The summed E-state index contributed by atoms with van der Waals surface area (Å²) in [5, 5.41) is 0. The first-order chi connectivity index (χ1) is 11.6. The van der Waals surface area contributed by atoms with E-state index in [1.807, 2.05) is 36.4 Å². The highest BCUT2D eigenvalue weighted by molar-refractivity contribution is 5.90. The summed E-state index contributed by atoms with van der Waals surface area (Å²) in [6.07, 6.45) is 12.8. The quantitative estimate of drug-likeness (QED) is 0.525. The standard InChI is InChI=1S/C13H16O.C9H12O/c1-13(10-6-5-9-12(13)14)11-7-3-2-4-8-11;1-4-6-7-8-9(5-2)10-3/h2-4,7-8H,5-6,9-10H2,1H3;4-8H,1-2H2,3H3/b;7-6-,9-8+. The number of hydrogen-bond donors (Lipinski definition) is 0. The number of ketones is 1. The first-order valence-corrected chi connectivity index (χ1v) is 8.33. The average Bonchev–Trinajstić information content (AvgIpc) is 2.63. The maximum absolute atomic E-state index is 11.9. The minimum absolute atomic E-state index is 0.209. The highest BCUT2D eigenvalue weighted by Gasteiger charge is 2.36. The number of hydrogen-bond acceptors (Lipinski definition) is 2. The van der Waals surface area contributed by atoms with Crippen molar-refractivity contribution in [3.05, 3.63) is 85.2 Å². The topological polar surface area (TPSA) is 26.3 Å². The third kappa shape index (κ3) is 5.69. The molecule has 0 N–H and O–H groups in total. The van der Waals surface area contributed by atoms with Crippen molar-refractivity contribution in [2.24, 2.45) is 0 Å². The van der Waals surface area contributed by atoms with Crippen LogP contribution in [0.15, 0.2) is 79.6 Å². The maximum Gasteiger partial charge on any atom is 0.143 e. The van der Waals surface area contributed by atoms with Crippen LogP contribution in [-0.4, -0.2) is 12.9 Å². The molecule has 1 aliphatic carbocycles. The van der Waals surface area contributed by atoms with Crippen LogP contribution in [0.25, 0.3) is 0 Å². The van der Waals surface area contributed by atoms with Crippen LogP contribution < -0.4 is 0 Å². The van der Waals surface area contributed by atoms with Crippen LogP contribution >= 0.6 is 0 Å². The van der Waals surface area contributed by atoms with Gasteiger partial charge in [-0.15, -0.1) is 0 Å². The van der Waals surface area contributed by atoms with Gasteiger partial charge in [-0.05, 0) is 37.5 Å². The molecule has 1 atom stereocenters. The van der Waals surface area contributed by atoms with E-state index in [0.717, 1.165) is 25.0 Å². The number of methoxy groups -OCH3 is 1. The fourth-order valence-electron chi connectivity index (χ4n) is 2.74. The van der Waals surface area contributed by atoms with Gasteiger partial charge in [-0.2, -0.15) is 0 Å². The number of ether oxygens (including phenoxy) is 1. The molecule has 2 heteroatoms. The average molecular weight is 324 g/mol. The van der Waals surface area contributed by atoms with Crippen molar-refractivity contribution in [1.82, 2.24) is 0 Å². The van der Waals surface area contributed by atoms with Crippen LogP contribution in [0.5, 0.6) is 0 Å². The summed E-state index contributed by atoms with van der Waals surface area (Å²) in [5.41, 5.74) is 0.976. The van der Waals surface area contributed by atoms with E-state index >= 15 is 0 Å². The van der Waals surface area contributed by atoms with E-state index in [4.69, 9.17) is 4.74 Å². The van der Waals surface area contributed by atoms with Gasteiger partial charge in [0.2, 0.25) is 0 Å². The Morgan fingerprint density at radius 3 is 2.42 bits per heavy atom. The molecule has 0 spiro atoms. The van der Waals surface area contributed by atoms with E-state index in [0.29, 0.717) is 5.78 Å². The zero-order valence-electron chi connectivity index (χ0n) is 14.8. The Morgan fingerprint density at radius 2 is 1.88 bits per heavy atom. The van der Waals surface area contributed by atoms with Gasteiger partial charge in [0.25, 0.3) is 0 Å². The smallest absolute Gasteiger partial charge is 0.143 e. The van der Waals surface area contributed by atoms with Crippen LogP contribution in [0.1, 0.15) is 38.2 Å². The van der Waals surface area contributed by atoms with E-state index in [2.05, 4.69) is 32.2 Å². The van der Waals surface area contributed by atoms with Crippen molar-refractivity contribution in [2.75, 3.05) is 7.11 Å². The molecule has 1 unspecified atom stereocenters. The molecular weight excluding hydrogens is 296 g/mol. The number of Topliss-reactive ketones (excluding diaryl/α,β-unsaturated/α-hetero) is 1. The Kier molecular flexibility index (Phi) is 8.56. The van der Waals surface area contributed by atoms with Crippen LogP contribution in [0.4, 0.5) is 0 Å². The lowest BCUT2D eigenvalue weighted by atomic mass is 9.70. The summed E-state index contributed by atoms with van der Waals surface area (Å²) in [7, 11) is 1.61. The normalized spacial score (nSPS) is 20.9. The van der Waals surface area contributed by atoms with Crippen molar-refractivity contribution in [2.45, 2.75) is 38.0 Å². The molecule has 0 aliphatic heterocycles. The monoisotopic (exact) mass is 324 g/mol. The van der Waals surface area contributed by atoms with Crippen LogP contribution in [-0.2, 0) is 14.9 Å². The summed E-state index contributed by atoms with van der Waals surface area (Å²) >= 11 is 0. The maximum atomic E-state index is 11.9. The molecule has 1 aromatic rings. The second-order valence-corrected chi connectivity index (χ2v) is 5.93. The largest absolute Gasteiger partial charge is 0.497 e. The number of carbonyl (C=O) groups excluding carboxylic acids is 1. The Balaban J connectivity index is 0.000000257. The third-order valence-electron chi connectivity index (χ3n) is 4.30. The Bertz CT molecular complexity index is 596. The number of allylic oxidation sites excluding steroid dienone is 5. The number of benzene rings is 1. The molecular formula is C22H28O2. The second-order valence-electron chi connectivity index (χ2n) is 5.93. The minimum Gasteiger partial charge on any atom is -0.497 e. The van der Waals surface area contributed by atoms with E-state index in [9.17, 15) is 4.79 Å². The fraction of sp³-hybridized carbons (Fsp3) is 0.318. The minimum atomic E-state index is -0.209. The van der Waals surface area contributed by atoms with E-state index in [1.165, 1.54) is 12.0 Å². The van der Waals surface area contributed by atoms with Gasteiger partial charge in [0.15, 0.2) is 0 Å². The van der Waals surface area contributed by atoms with Gasteiger partial charge < -0.3 is 4.74 Å². The summed E-state index contributed by atoms with van der Waals surface area (Å²) in [6.45, 7) is 9.17. The van der Waals surface area contributed by atoms with Gasteiger partial charge in [-0.1, -0.05) is 68.1 Å². The molecule has 2 rings (SSSR count). The van der Waals surface area contributed by atoms with Crippen molar-refractivity contribution >= 4 is 5.78 Å². The predicted octanol–water partition coefficient (Wildman–Crippen LogP) is 5.53. The molecule has 0 aromatic heterocycles. The first kappa shape index (κ1) is 19.7. The highest BCUT2D eigenvalue weighted by Crippen LogP contribution is 2.35. The van der Waals surface area contributed by atoms with Crippen molar-refractivity contribution < 1.29 is 9.53 Å². The molecule has 128 valence electrons. The Morgan fingerprint density at radius 1 is 1.17 bits per heavy atom. The van der Waals surface area contributed by atoms with E-state index < -0.39 is 0 Å². The lowest BCUT2D eigenvalue weighted by Crippen LogP contribution is -2.35. The zero-order chi connectivity index (χ0) is 17.8.